The van der Waals surface area contributed by atoms with Gasteiger partial charge >= 0.3 is 6.03 Å². The molecule has 2 saturated heterocycles. The lowest BCUT2D eigenvalue weighted by Gasteiger charge is -2.38. The predicted octanol–water partition coefficient (Wildman–Crippen LogP) is 1.94. The molecule has 0 spiro atoms. The first-order chi connectivity index (χ1) is 11.6. The van der Waals surface area contributed by atoms with E-state index in [0.717, 1.165) is 25.2 Å². The number of hydrogen-bond acceptors (Lipinski definition) is 4. The van der Waals surface area contributed by atoms with Crippen LogP contribution in [0.3, 0.4) is 0 Å². The molecular formula is C17H28N4O3. The fourth-order valence-corrected chi connectivity index (χ4v) is 3.62. The summed E-state index contributed by atoms with van der Waals surface area (Å²) >= 11 is 0. The molecule has 3 heterocycles. The number of hydrogen-bond donors (Lipinski definition) is 1. The van der Waals surface area contributed by atoms with Gasteiger partial charge in [0.15, 0.2) is 0 Å². The first-order valence-electron chi connectivity index (χ1n) is 8.92. The van der Waals surface area contributed by atoms with Gasteiger partial charge in [-0.15, -0.1) is 0 Å². The van der Waals surface area contributed by atoms with Crippen LogP contribution >= 0.6 is 0 Å². The van der Waals surface area contributed by atoms with Gasteiger partial charge in [0, 0.05) is 38.6 Å². The van der Waals surface area contributed by atoms with Gasteiger partial charge in [-0.3, -0.25) is 0 Å². The van der Waals surface area contributed by atoms with Crippen LogP contribution < -0.4 is 5.32 Å². The molecule has 1 aromatic rings. The van der Waals surface area contributed by atoms with Crippen LogP contribution in [0.2, 0.25) is 0 Å². The van der Waals surface area contributed by atoms with Crippen molar-refractivity contribution in [1.82, 2.24) is 19.8 Å². The molecule has 0 unspecified atom stereocenters. The van der Waals surface area contributed by atoms with Crippen LogP contribution in [0.25, 0.3) is 0 Å². The van der Waals surface area contributed by atoms with Crippen molar-refractivity contribution in [3.8, 4) is 0 Å². The zero-order valence-electron chi connectivity index (χ0n) is 14.8. The highest BCUT2D eigenvalue weighted by Crippen LogP contribution is 2.28. The van der Waals surface area contributed by atoms with Crippen LogP contribution in [0.4, 0.5) is 4.79 Å². The largest absolute Gasteiger partial charge is 0.372 e. The number of amides is 2. The molecule has 0 radical (unpaired) electrons. The average molecular weight is 336 g/mol. The Labute approximate surface area is 143 Å². The van der Waals surface area contributed by atoms with Crippen LogP contribution in [-0.4, -0.2) is 58.4 Å². The third-order valence-electron chi connectivity index (χ3n) is 4.68. The van der Waals surface area contributed by atoms with Crippen molar-refractivity contribution in [2.24, 2.45) is 0 Å². The van der Waals surface area contributed by atoms with Crippen molar-refractivity contribution in [3.05, 3.63) is 18.2 Å². The van der Waals surface area contributed by atoms with E-state index in [1.165, 1.54) is 0 Å². The summed E-state index contributed by atoms with van der Waals surface area (Å²) in [5, 5.41) is 3.17. The molecule has 7 nitrogen and oxygen atoms in total. The fraction of sp³-hybridized carbons (Fsp3) is 0.765. The van der Waals surface area contributed by atoms with Gasteiger partial charge in [-0.25, -0.2) is 9.78 Å². The fourth-order valence-electron chi connectivity index (χ4n) is 3.62. The first kappa shape index (κ1) is 17.2. The summed E-state index contributed by atoms with van der Waals surface area (Å²) in [7, 11) is 0. The van der Waals surface area contributed by atoms with Gasteiger partial charge in [-0.1, -0.05) is 0 Å². The molecule has 7 heteroatoms. The lowest BCUT2D eigenvalue weighted by molar-refractivity contribution is -0.0571. The molecule has 24 heavy (non-hydrogen) atoms. The van der Waals surface area contributed by atoms with Crippen molar-refractivity contribution in [3.63, 3.8) is 0 Å². The van der Waals surface area contributed by atoms with Gasteiger partial charge in [0.1, 0.15) is 11.9 Å². The molecular weight excluding hydrogens is 308 g/mol. The number of urea groups is 1. The molecule has 2 aliphatic heterocycles. The first-order valence-corrected chi connectivity index (χ1v) is 8.92. The monoisotopic (exact) mass is 336 g/mol. The zero-order valence-corrected chi connectivity index (χ0v) is 14.8. The minimum Gasteiger partial charge on any atom is -0.372 e. The highest BCUT2D eigenvalue weighted by atomic mass is 16.5. The second-order valence-corrected chi connectivity index (χ2v) is 6.72. The molecule has 0 bridgehead atoms. The molecule has 2 amide bonds. The van der Waals surface area contributed by atoms with Gasteiger partial charge in [-0.2, -0.15) is 0 Å². The standard InChI is InChI=1S/C17H28N4O3/c1-4-20-8-7-18-16(20)15-14(6-5-9-23-15)19-17(22)21-10-12(2)24-13(3)11-21/h7-8,12-15H,4-6,9-11H2,1-3H3,(H,19,22)/t12-,13+,14-,15-/m0/s1. The predicted molar refractivity (Wildman–Crippen MR) is 89.7 cm³/mol. The number of morpholine rings is 1. The molecule has 2 fully saturated rings. The molecule has 4 atom stereocenters. The second-order valence-electron chi connectivity index (χ2n) is 6.72. The number of nitrogens with zero attached hydrogens (tertiary/aromatic N) is 3. The number of rotatable bonds is 3. The Morgan fingerprint density at radius 2 is 2.12 bits per heavy atom. The summed E-state index contributed by atoms with van der Waals surface area (Å²) in [5.74, 6) is 0.895. The number of carbonyl (C=O) groups is 1. The molecule has 2 aliphatic rings. The Bertz CT molecular complexity index is 552. The molecule has 0 aromatic carbocycles. The number of aryl methyl sites for hydroxylation is 1. The van der Waals surface area contributed by atoms with Crippen LogP contribution in [0.5, 0.6) is 0 Å². The van der Waals surface area contributed by atoms with E-state index in [1.807, 2.05) is 24.9 Å². The van der Waals surface area contributed by atoms with E-state index in [2.05, 4.69) is 21.8 Å². The van der Waals surface area contributed by atoms with Crippen LogP contribution in [0.15, 0.2) is 12.4 Å². The number of carbonyl (C=O) groups excluding carboxylic acids is 1. The summed E-state index contributed by atoms with van der Waals surface area (Å²) in [6.07, 6.45) is 5.55. The maximum Gasteiger partial charge on any atom is 0.317 e. The highest BCUT2D eigenvalue weighted by molar-refractivity contribution is 5.74. The number of ether oxygens (including phenoxy) is 2. The summed E-state index contributed by atoms with van der Waals surface area (Å²) in [4.78, 5) is 19.0. The summed E-state index contributed by atoms with van der Waals surface area (Å²) < 4.78 is 13.8. The quantitative estimate of drug-likeness (QED) is 0.916. The van der Waals surface area contributed by atoms with E-state index in [4.69, 9.17) is 9.47 Å². The van der Waals surface area contributed by atoms with E-state index in [9.17, 15) is 4.79 Å². The highest BCUT2D eigenvalue weighted by Gasteiger charge is 2.34. The third-order valence-corrected chi connectivity index (χ3v) is 4.68. The number of aromatic nitrogens is 2. The van der Waals surface area contributed by atoms with Crippen LogP contribution in [0.1, 0.15) is 45.5 Å². The van der Waals surface area contributed by atoms with Gasteiger partial charge in [0.2, 0.25) is 0 Å². The minimum absolute atomic E-state index is 0.0351. The maximum absolute atomic E-state index is 12.7. The summed E-state index contributed by atoms with van der Waals surface area (Å²) in [6, 6.07) is -0.0838. The maximum atomic E-state index is 12.7. The SMILES string of the molecule is CCn1ccnc1[C@H]1OCCC[C@@H]1NC(=O)N1C[C@@H](C)O[C@@H](C)C1. The van der Waals surface area contributed by atoms with Crippen molar-refractivity contribution >= 4 is 6.03 Å². The van der Waals surface area contributed by atoms with E-state index in [-0.39, 0.29) is 30.4 Å². The Morgan fingerprint density at radius 3 is 2.83 bits per heavy atom. The summed E-state index contributed by atoms with van der Waals surface area (Å²) in [6.45, 7) is 8.88. The van der Waals surface area contributed by atoms with Crippen molar-refractivity contribution in [1.29, 1.82) is 0 Å². The molecule has 0 aliphatic carbocycles. The summed E-state index contributed by atoms with van der Waals surface area (Å²) in [5.41, 5.74) is 0. The average Bonchev–Trinajstić information content (AvgIpc) is 3.03. The van der Waals surface area contributed by atoms with Crippen LogP contribution in [-0.2, 0) is 16.0 Å². The zero-order chi connectivity index (χ0) is 17.1. The molecule has 1 aromatic heterocycles. The smallest absolute Gasteiger partial charge is 0.317 e. The van der Waals surface area contributed by atoms with E-state index in [1.54, 1.807) is 6.20 Å². The van der Waals surface area contributed by atoms with Crippen molar-refractivity contribution < 1.29 is 14.3 Å². The Hall–Kier alpha value is -1.60. The number of imidazole rings is 1. The Balaban J connectivity index is 1.68. The van der Waals surface area contributed by atoms with Gasteiger partial charge in [-0.05, 0) is 33.6 Å². The Morgan fingerprint density at radius 1 is 1.38 bits per heavy atom. The molecule has 1 N–H and O–H groups in total. The lowest BCUT2D eigenvalue weighted by atomic mass is 10.0. The third kappa shape index (κ3) is 3.72. The van der Waals surface area contributed by atoms with Crippen molar-refractivity contribution in [2.45, 2.75) is 64.5 Å². The normalized spacial score (nSPS) is 31.0. The lowest BCUT2D eigenvalue weighted by Crippen LogP contribution is -2.55. The van der Waals surface area contributed by atoms with Gasteiger partial charge in [0.25, 0.3) is 0 Å². The molecule has 0 saturated carbocycles. The topological polar surface area (TPSA) is 68.6 Å². The van der Waals surface area contributed by atoms with Crippen molar-refractivity contribution in [2.75, 3.05) is 19.7 Å². The van der Waals surface area contributed by atoms with Crippen LogP contribution in [0, 0.1) is 0 Å². The van der Waals surface area contributed by atoms with E-state index >= 15 is 0 Å². The Kier molecular flexibility index (Phi) is 5.40. The number of nitrogens with one attached hydrogen (secondary N) is 1. The van der Waals surface area contributed by atoms with Gasteiger partial charge in [0.05, 0.1) is 18.2 Å². The van der Waals surface area contributed by atoms with Gasteiger partial charge < -0.3 is 24.3 Å². The molecule has 3 rings (SSSR count). The second kappa shape index (κ2) is 7.53. The van der Waals surface area contributed by atoms with E-state index < -0.39 is 0 Å². The molecule has 134 valence electrons. The minimum atomic E-state index is -0.187. The van der Waals surface area contributed by atoms with E-state index in [0.29, 0.717) is 19.7 Å².